The number of benzene rings is 1. The lowest BCUT2D eigenvalue weighted by molar-refractivity contribution is -0.131. The van der Waals surface area contributed by atoms with Crippen LogP contribution in [0.25, 0.3) is 0 Å². The van der Waals surface area contributed by atoms with E-state index in [1.165, 1.54) is 36.1 Å². The van der Waals surface area contributed by atoms with Crippen molar-refractivity contribution in [2.24, 2.45) is 11.8 Å². The van der Waals surface area contributed by atoms with Gasteiger partial charge in [0.15, 0.2) is 0 Å². The Morgan fingerprint density at radius 2 is 1.76 bits per heavy atom. The molecule has 1 amide bonds. The van der Waals surface area contributed by atoms with Crippen LogP contribution >= 0.6 is 11.8 Å². The van der Waals surface area contributed by atoms with E-state index in [1.807, 2.05) is 0 Å². The van der Waals surface area contributed by atoms with E-state index in [0.29, 0.717) is 12.6 Å². The van der Waals surface area contributed by atoms with Crippen LogP contribution in [0.15, 0.2) is 29.2 Å². The van der Waals surface area contributed by atoms with Gasteiger partial charge >= 0.3 is 0 Å². The Hall–Kier alpha value is -1.00. The summed E-state index contributed by atoms with van der Waals surface area (Å²) in [5.41, 5.74) is 1.23. The maximum Gasteiger partial charge on any atom is 0.238 e. The Kier molecular flexibility index (Phi) is 3.46. The molecule has 1 atom stereocenters. The number of rotatable bonds is 5. The molecule has 21 heavy (non-hydrogen) atoms. The van der Waals surface area contributed by atoms with Crippen LogP contribution in [0.3, 0.4) is 0 Å². The Labute approximate surface area is 130 Å². The van der Waals surface area contributed by atoms with Crippen molar-refractivity contribution in [3.05, 3.63) is 29.8 Å². The number of nitrogens with one attached hydrogen (secondary N) is 1. The van der Waals surface area contributed by atoms with Crippen LogP contribution in [-0.4, -0.2) is 29.6 Å². The summed E-state index contributed by atoms with van der Waals surface area (Å²) < 4.78 is 0. The van der Waals surface area contributed by atoms with Crippen molar-refractivity contribution < 1.29 is 4.79 Å². The van der Waals surface area contributed by atoms with Gasteiger partial charge < -0.3 is 4.90 Å². The average molecular weight is 302 g/mol. The molecule has 1 aliphatic heterocycles. The van der Waals surface area contributed by atoms with Crippen LogP contribution in [0.4, 0.5) is 0 Å². The number of amides is 1. The van der Waals surface area contributed by atoms with E-state index in [9.17, 15) is 4.79 Å². The van der Waals surface area contributed by atoms with Gasteiger partial charge in [-0.3, -0.25) is 10.1 Å². The van der Waals surface area contributed by atoms with Crippen LogP contribution in [0, 0.1) is 11.8 Å². The third-order valence-electron chi connectivity index (χ3n) is 4.98. The predicted octanol–water partition coefficient (Wildman–Crippen LogP) is 3.03. The van der Waals surface area contributed by atoms with Crippen LogP contribution in [0.5, 0.6) is 0 Å². The molecule has 112 valence electrons. The molecule has 0 bridgehead atoms. The van der Waals surface area contributed by atoms with Crippen LogP contribution < -0.4 is 5.32 Å². The minimum absolute atomic E-state index is 0.0830. The van der Waals surface area contributed by atoms with Crippen molar-refractivity contribution in [2.75, 3.05) is 12.8 Å². The van der Waals surface area contributed by atoms with Crippen molar-refractivity contribution in [3.8, 4) is 0 Å². The number of carbonyl (C=O) groups is 1. The van der Waals surface area contributed by atoms with Gasteiger partial charge in [0.05, 0.1) is 6.54 Å². The largest absolute Gasteiger partial charge is 0.318 e. The summed E-state index contributed by atoms with van der Waals surface area (Å²) >= 11 is 1.76. The molecule has 1 N–H and O–H groups in total. The number of hydrogen-bond donors (Lipinski definition) is 1. The number of carbonyl (C=O) groups excluding carboxylic acids is 1. The van der Waals surface area contributed by atoms with Gasteiger partial charge in [-0.2, -0.15) is 0 Å². The van der Waals surface area contributed by atoms with Gasteiger partial charge in [0.25, 0.3) is 0 Å². The van der Waals surface area contributed by atoms with Gasteiger partial charge in [-0.15, -0.1) is 11.8 Å². The van der Waals surface area contributed by atoms with Gasteiger partial charge in [-0.25, -0.2) is 0 Å². The van der Waals surface area contributed by atoms with Crippen molar-refractivity contribution >= 4 is 17.7 Å². The number of thioether (sulfide) groups is 1. The molecule has 1 saturated heterocycles. The first-order chi connectivity index (χ1) is 10.3. The van der Waals surface area contributed by atoms with Crippen molar-refractivity contribution in [2.45, 2.75) is 42.8 Å². The molecule has 1 heterocycles. The normalized spacial score (nSPS) is 25.9. The van der Waals surface area contributed by atoms with Crippen molar-refractivity contribution in [1.29, 1.82) is 0 Å². The van der Waals surface area contributed by atoms with E-state index in [2.05, 4.69) is 40.7 Å². The van der Waals surface area contributed by atoms with Gasteiger partial charge in [0, 0.05) is 10.9 Å². The third kappa shape index (κ3) is 2.59. The summed E-state index contributed by atoms with van der Waals surface area (Å²) in [5.74, 6) is 1.81. The van der Waals surface area contributed by atoms with Gasteiger partial charge in [0.2, 0.25) is 5.91 Å². The minimum atomic E-state index is 0.0830. The Morgan fingerprint density at radius 1 is 1.14 bits per heavy atom. The van der Waals surface area contributed by atoms with Crippen LogP contribution in [-0.2, 0) is 4.79 Å². The molecule has 3 aliphatic rings. The quantitative estimate of drug-likeness (QED) is 0.849. The molecule has 2 saturated carbocycles. The fourth-order valence-corrected chi connectivity index (χ4v) is 4.04. The van der Waals surface area contributed by atoms with Crippen molar-refractivity contribution in [3.63, 3.8) is 0 Å². The topological polar surface area (TPSA) is 32.3 Å². The van der Waals surface area contributed by atoms with E-state index in [1.54, 1.807) is 11.8 Å². The first-order valence-corrected chi connectivity index (χ1v) is 9.19. The fourth-order valence-electron chi connectivity index (χ4n) is 3.64. The summed E-state index contributed by atoms with van der Waals surface area (Å²) in [7, 11) is 0. The number of nitrogens with zero attached hydrogens (tertiary/aromatic N) is 1. The Morgan fingerprint density at radius 3 is 2.29 bits per heavy atom. The molecule has 3 nitrogen and oxygen atoms in total. The van der Waals surface area contributed by atoms with Gasteiger partial charge in [-0.05, 0) is 61.5 Å². The van der Waals surface area contributed by atoms with Crippen LogP contribution in [0.1, 0.15) is 37.4 Å². The van der Waals surface area contributed by atoms with E-state index in [0.717, 1.165) is 11.8 Å². The van der Waals surface area contributed by atoms with Crippen molar-refractivity contribution in [1.82, 2.24) is 10.2 Å². The lowest BCUT2D eigenvalue weighted by Crippen LogP contribution is -2.42. The smallest absolute Gasteiger partial charge is 0.238 e. The molecule has 4 heteroatoms. The van der Waals surface area contributed by atoms with E-state index in [4.69, 9.17) is 0 Å². The Bertz CT molecular complexity index is 524. The average Bonchev–Trinajstić information content (AvgIpc) is 3.41. The van der Waals surface area contributed by atoms with Gasteiger partial charge in [0.1, 0.15) is 6.17 Å². The molecule has 3 fully saturated rings. The monoisotopic (exact) mass is 302 g/mol. The minimum Gasteiger partial charge on any atom is -0.318 e. The molecule has 1 aromatic rings. The summed E-state index contributed by atoms with van der Waals surface area (Å²) in [6.07, 6.45) is 7.41. The molecule has 4 rings (SSSR count). The highest BCUT2D eigenvalue weighted by Crippen LogP contribution is 2.49. The highest BCUT2D eigenvalue weighted by Gasteiger charge is 2.49. The maximum atomic E-state index is 12.4. The lowest BCUT2D eigenvalue weighted by atomic mass is 10.0. The molecule has 2 aliphatic carbocycles. The summed E-state index contributed by atoms with van der Waals surface area (Å²) in [6, 6.07) is 9.15. The second-order valence-corrected chi connectivity index (χ2v) is 7.40. The number of hydrogen-bond acceptors (Lipinski definition) is 3. The SMILES string of the molecule is CSc1ccc(C2NCC(=O)N2C(C2CC2)C2CC2)cc1. The molecule has 0 spiro atoms. The molecular weight excluding hydrogens is 280 g/mol. The standard InChI is InChI=1S/C17H22N2OS/c1-21-14-8-6-13(7-9-14)17-18-10-15(20)19(17)16(11-2-3-11)12-4-5-12/h6-9,11-12,16-18H,2-5,10H2,1H3. The molecule has 0 radical (unpaired) electrons. The maximum absolute atomic E-state index is 12.4. The molecule has 1 aromatic carbocycles. The van der Waals surface area contributed by atoms with E-state index >= 15 is 0 Å². The summed E-state index contributed by atoms with van der Waals surface area (Å²) in [6.45, 7) is 0.491. The Balaban J connectivity index is 1.61. The molecular formula is C17H22N2OS. The second-order valence-electron chi connectivity index (χ2n) is 6.52. The van der Waals surface area contributed by atoms with E-state index < -0.39 is 0 Å². The van der Waals surface area contributed by atoms with E-state index in [-0.39, 0.29) is 12.1 Å². The van der Waals surface area contributed by atoms with Gasteiger partial charge in [-0.1, -0.05) is 12.1 Å². The lowest BCUT2D eigenvalue weighted by Gasteiger charge is -2.33. The highest BCUT2D eigenvalue weighted by atomic mass is 32.2. The molecule has 0 aromatic heterocycles. The first kappa shape index (κ1) is 13.6. The zero-order chi connectivity index (χ0) is 14.4. The second kappa shape index (κ2) is 5.33. The first-order valence-electron chi connectivity index (χ1n) is 7.96. The summed E-state index contributed by atoms with van der Waals surface area (Å²) in [5, 5.41) is 3.43. The van der Waals surface area contributed by atoms with Crippen LogP contribution in [0.2, 0.25) is 0 Å². The predicted molar refractivity (Wildman–Crippen MR) is 85.0 cm³/mol. The zero-order valence-corrected chi connectivity index (χ0v) is 13.2. The third-order valence-corrected chi connectivity index (χ3v) is 5.72. The zero-order valence-electron chi connectivity index (χ0n) is 12.4. The summed E-state index contributed by atoms with van der Waals surface area (Å²) in [4.78, 5) is 15.9. The fraction of sp³-hybridized carbons (Fsp3) is 0.588. The molecule has 1 unspecified atom stereocenters. The highest BCUT2D eigenvalue weighted by molar-refractivity contribution is 7.98.